The van der Waals surface area contributed by atoms with E-state index in [0.29, 0.717) is 0 Å². The number of hydrogen-bond donors (Lipinski definition) is 0. The number of aromatic nitrogens is 1. The summed E-state index contributed by atoms with van der Waals surface area (Å²) in [6.45, 7) is 0. The fourth-order valence-electron chi connectivity index (χ4n) is 1.75. The van der Waals surface area contributed by atoms with Crippen molar-refractivity contribution in [2.75, 3.05) is 7.11 Å². The third-order valence-corrected chi connectivity index (χ3v) is 3.62. The third-order valence-electron chi connectivity index (χ3n) is 2.55. The van der Waals surface area contributed by atoms with Gasteiger partial charge in [-0.3, -0.25) is 0 Å². The van der Waals surface area contributed by atoms with E-state index in [2.05, 4.69) is 17.1 Å². The zero-order valence-electron chi connectivity index (χ0n) is 9.31. The number of fused-ring (bicyclic) bond motifs is 1. The first-order valence-corrected chi connectivity index (χ1v) is 6.11. The molecule has 0 aliphatic carbocycles. The molecule has 2 aromatic carbocycles. The number of para-hydroxylation sites is 2. The van der Waals surface area contributed by atoms with Gasteiger partial charge in [0.1, 0.15) is 10.8 Å². The number of rotatable bonds is 2. The lowest BCUT2D eigenvalue weighted by molar-refractivity contribution is 0.415. The third kappa shape index (κ3) is 1.78. The molecule has 1 aromatic heterocycles. The molecule has 0 aliphatic rings. The molecule has 2 nitrogen and oxygen atoms in total. The van der Waals surface area contributed by atoms with Crippen molar-refractivity contribution in [1.29, 1.82) is 0 Å². The van der Waals surface area contributed by atoms with Crippen molar-refractivity contribution in [2.24, 2.45) is 0 Å². The molecule has 0 amide bonds. The Labute approximate surface area is 104 Å². The van der Waals surface area contributed by atoms with Gasteiger partial charge >= 0.3 is 0 Å². The van der Waals surface area contributed by atoms with Crippen molar-refractivity contribution in [2.45, 2.75) is 0 Å². The summed E-state index contributed by atoms with van der Waals surface area (Å²) >= 11 is 1.67. The Balaban J connectivity index is 2.20. The van der Waals surface area contributed by atoms with Crippen LogP contribution in [-0.4, -0.2) is 12.1 Å². The minimum atomic E-state index is 0.742. The van der Waals surface area contributed by atoms with Crippen LogP contribution in [0.5, 0.6) is 5.75 Å². The minimum absolute atomic E-state index is 0.742. The molecule has 0 fully saturated rings. The van der Waals surface area contributed by atoms with E-state index in [9.17, 15) is 0 Å². The lowest BCUT2D eigenvalue weighted by Gasteiger charge is -2.03. The van der Waals surface area contributed by atoms with Crippen LogP contribution in [0.15, 0.2) is 42.5 Å². The molecule has 3 heteroatoms. The zero-order chi connectivity index (χ0) is 11.7. The van der Waals surface area contributed by atoms with Gasteiger partial charge in [0.05, 0.1) is 22.9 Å². The molecule has 0 aliphatic heterocycles. The highest BCUT2D eigenvalue weighted by molar-refractivity contribution is 7.21. The van der Waals surface area contributed by atoms with Crippen LogP contribution >= 0.6 is 11.3 Å². The van der Waals surface area contributed by atoms with Gasteiger partial charge in [0.25, 0.3) is 0 Å². The van der Waals surface area contributed by atoms with Crippen LogP contribution in [0.1, 0.15) is 0 Å². The first kappa shape index (κ1) is 10.3. The van der Waals surface area contributed by atoms with E-state index < -0.39 is 0 Å². The Morgan fingerprint density at radius 2 is 2.06 bits per heavy atom. The normalized spacial score (nSPS) is 10.6. The average molecular weight is 240 g/mol. The van der Waals surface area contributed by atoms with E-state index in [0.717, 1.165) is 21.8 Å². The molecule has 0 saturated carbocycles. The molecule has 0 spiro atoms. The Morgan fingerprint density at radius 1 is 1.18 bits per heavy atom. The van der Waals surface area contributed by atoms with Gasteiger partial charge in [-0.15, -0.1) is 11.3 Å². The highest BCUT2D eigenvalue weighted by Crippen LogP contribution is 2.34. The zero-order valence-corrected chi connectivity index (χ0v) is 10.1. The molecule has 3 aromatic rings. The van der Waals surface area contributed by atoms with Crippen molar-refractivity contribution in [3.63, 3.8) is 0 Å². The summed E-state index contributed by atoms with van der Waals surface area (Å²) in [6.07, 6.45) is 0. The van der Waals surface area contributed by atoms with Crippen LogP contribution in [0.3, 0.4) is 0 Å². The molecule has 0 unspecified atom stereocenters. The first-order chi connectivity index (χ1) is 8.38. The van der Waals surface area contributed by atoms with E-state index in [1.54, 1.807) is 18.4 Å². The molecular formula is C14H10NOS. The van der Waals surface area contributed by atoms with Gasteiger partial charge in [-0.25, -0.2) is 4.98 Å². The van der Waals surface area contributed by atoms with Crippen LogP contribution in [-0.2, 0) is 0 Å². The van der Waals surface area contributed by atoms with Crippen molar-refractivity contribution >= 4 is 21.6 Å². The Morgan fingerprint density at radius 3 is 2.88 bits per heavy atom. The summed E-state index contributed by atoms with van der Waals surface area (Å²) in [6, 6.07) is 17.0. The van der Waals surface area contributed by atoms with Crippen LogP contribution < -0.4 is 4.74 Å². The minimum Gasteiger partial charge on any atom is -0.495 e. The molecule has 0 bridgehead atoms. The summed E-state index contributed by atoms with van der Waals surface area (Å²) in [7, 11) is 1.66. The maximum atomic E-state index is 5.31. The smallest absolute Gasteiger partial charge is 0.137 e. The van der Waals surface area contributed by atoms with Crippen LogP contribution in [0.4, 0.5) is 0 Å². The van der Waals surface area contributed by atoms with E-state index in [1.165, 1.54) is 4.70 Å². The number of hydrogen-bond acceptors (Lipinski definition) is 3. The Hall–Kier alpha value is -1.87. The largest absolute Gasteiger partial charge is 0.495 e. The average Bonchev–Trinajstić information content (AvgIpc) is 2.82. The quantitative estimate of drug-likeness (QED) is 0.680. The summed E-state index contributed by atoms with van der Waals surface area (Å²) < 4.78 is 6.50. The van der Waals surface area contributed by atoms with E-state index in [4.69, 9.17) is 4.74 Å². The fraction of sp³-hybridized carbons (Fsp3) is 0.0714. The van der Waals surface area contributed by atoms with Crippen molar-refractivity contribution in [3.05, 3.63) is 48.5 Å². The number of methoxy groups -OCH3 is 1. The molecule has 0 atom stereocenters. The number of benzene rings is 2. The Bertz CT molecular complexity index is 627. The predicted octanol–water partition coefficient (Wildman–Crippen LogP) is 3.77. The maximum Gasteiger partial charge on any atom is 0.137 e. The van der Waals surface area contributed by atoms with E-state index in [-0.39, 0.29) is 0 Å². The molecule has 17 heavy (non-hydrogen) atoms. The molecule has 1 radical (unpaired) electrons. The fourth-order valence-corrected chi connectivity index (χ4v) is 2.73. The second-order valence-electron chi connectivity index (χ2n) is 3.60. The summed E-state index contributed by atoms with van der Waals surface area (Å²) in [4.78, 5) is 4.61. The lowest BCUT2D eigenvalue weighted by atomic mass is 10.2. The maximum absolute atomic E-state index is 5.31. The predicted molar refractivity (Wildman–Crippen MR) is 70.4 cm³/mol. The molecular weight excluding hydrogens is 230 g/mol. The van der Waals surface area contributed by atoms with Gasteiger partial charge in [-0.2, -0.15) is 0 Å². The molecule has 3 rings (SSSR count). The van der Waals surface area contributed by atoms with E-state index in [1.807, 2.05) is 36.4 Å². The van der Waals surface area contributed by atoms with Gasteiger partial charge in [0.15, 0.2) is 0 Å². The molecule has 0 N–H and O–H groups in total. The van der Waals surface area contributed by atoms with Crippen molar-refractivity contribution in [1.82, 2.24) is 4.98 Å². The first-order valence-electron chi connectivity index (χ1n) is 5.29. The number of ether oxygens (including phenoxy) is 1. The van der Waals surface area contributed by atoms with Crippen molar-refractivity contribution in [3.8, 4) is 16.3 Å². The standard InChI is InChI=1S/C14H10NOS/c1-16-12-8-4-2-6-10(12)14-15-11-7-3-5-9-13(11)17-14/h2-7,9H,1H3. The number of nitrogens with zero attached hydrogens (tertiary/aromatic N) is 1. The van der Waals surface area contributed by atoms with Crippen LogP contribution in [0, 0.1) is 6.07 Å². The lowest BCUT2D eigenvalue weighted by Crippen LogP contribution is -1.86. The molecule has 1 heterocycles. The van der Waals surface area contributed by atoms with Crippen molar-refractivity contribution < 1.29 is 4.74 Å². The van der Waals surface area contributed by atoms with Gasteiger partial charge in [-0.05, 0) is 18.2 Å². The summed E-state index contributed by atoms with van der Waals surface area (Å²) in [5, 5.41) is 0.972. The SMILES string of the molecule is COc1[c]cccc1-c1nc2ccccc2s1. The van der Waals surface area contributed by atoms with Gasteiger partial charge in [-0.1, -0.05) is 24.3 Å². The summed E-state index contributed by atoms with van der Waals surface area (Å²) in [5.74, 6) is 0.742. The highest BCUT2D eigenvalue weighted by atomic mass is 32.1. The molecule has 0 saturated heterocycles. The van der Waals surface area contributed by atoms with Crippen LogP contribution in [0.25, 0.3) is 20.8 Å². The van der Waals surface area contributed by atoms with Gasteiger partial charge in [0, 0.05) is 6.07 Å². The second-order valence-corrected chi connectivity index (χ2v) is 4.63. The Kier molecular flexibility index (Phi) is 2.53. The number of thiazole rings is 1. The van der Waals surface area contributed by atoms with Gasteiger partial charge in [0.2, 0.25) is 0 Å². The molecule has 83 valence electrons. The van der Waals surface area contributed by atoms with Gasteiger partial charge < -0.3 is 4.74 Å². The van der Waals surface area contributed by atoms with E-state index >= 15 is 0 Å². The highest BCUT2D eigenvalue weighted by Gasteiger charge is 2.10. The van der Waals surface area contributed by atoms with Crippen LogP contribution in [0.2, 0.25) is 0 Å². The summed E-state index contributed by atoms with van der Waals surface area (Å²) in [5.41, 5.74) is 2.02. The monoisotopic (exact) mass is 240 g/mol. The second kappa shape index (κ2) is 4.18. The topological polar surface area (TPSA) is 22.1 Å².